The van der Waals surface area contributed by atoms with Gasteiger partial charge in [-0.25, -0.2) is 0 Å². The van der Waals surface area contributed by atoms with Crippen LogP contribution in [0.25, 0.3) is 0 Å². The fraction of sp³-hybridized carbons (Fsp3) is 0.182. The Bertz CT molecular complexity index is 573. The molecule has 0 bridgehead atoms. The number of aryl methyl sites for hydroxylation is 1. The Balaban J connectivity index is 2.09. The Morgan fingerprint density at radius 1 is 1.47 bits per heavy atom. The van der Waals surface area contributed by atoms with E-state index in [1.807, 2.05) is 6.07 Å². The third kappa shape index (κ3) is 3.04. The molecular formula is C11H9BrN4O. The third-order valence-corrected chi connectivity index (χ3v) is 2.50. The van der Waals surface area contributed by atoms with Crippen molar-refractivity contribution in [3.63, 3.8) is 0 Å². The Hall–Kier alpha value is -1.87. The largest absolute Gasteiger partial charge is 0.376 e. The van der Waals surface area contributed by atoms with Gasteiger partial charge in [-0.1, -0.05) is 21.1 Å². The number of hydrogen-bond acceptors (Lipinski definition) is 5. The topological polar surface area (TPSA) is 74.7 Å². The monoisotopic (exact) mass is 292 g/mol. The smallest absolute Gasteiger partial charge is 0.245 e. The van der Waals surface area contributed by atoms with Crippen molar-refractivity contribution in [2.45, 2.75) is 13.5 Å². The van der Waals surface area contributed by atoms with Gasteiger partial charge in [0, 0.05) is 10.2 Å². The van der Waals surface area contributed by atoms with Crippen LogP contribution in [-0.4, -0.2) is 10.1 Å². The molecule has 0 aliphatic rings. The summed E-state index contributed by atoms with van der Waals surface area (Å²) in [6.45, 7) is 2.20. The van der Waals surface area contributed by atoms with Gasteiger partial charge >= 0.3 is 0 Å². The maximum atomic E-state index is 8.84. The summed E-state index contributed by atoms with van der Waals surface area (Å²) >= 11 is 3.34. The number of benzene rings is 1. The van der Waals surface area contributed by atoms with E-state index in [0.29, 0.717) is 23.8 Å². The normalized spacial score (nSPS) is 9.94. The number of nitrogens with zero attached hydrogens (tertiary/aromatic N) is 3. The summed E-state index contributed by atoms with van der Waals surface area (Å²) in [6, 6.07) is 7.48. The number of aromatic nitrogens is 2. The van der Waals surface area contributed by atoms with E-state index in [-0.39, 0.29) is 0 Å². The molecule has 0 aliphatic carbocycles. The highest BCUT2D eigenvalue weighted by atomic mass is 79.9. The molecule has 6 heteroatoms. The number of rotatable bonds is 3. The van der Waals surface area contributed by atoms with E-state index >= 15 is 0 Å². The molecule has 0 atom stereocenters. The Labute approximate surface area is 107 Å². The van der Waals surface area contributed by atoms with Crippen LogP contribution in [0.4, 0.5) is 5.69 Å². The predicted molar refractivity (Wildman–Crippen MR) is 65.2 cm³/mol. The van der Waals surface area contributed by atoms with Crippen molar-refractivity contribution in [1.82, 2.24) is 10.1 Å². The molecule has 2 aromatic rings. The molecule has 0 saturated carbocycles. The lowest BCUT2D eigenvalue weighted by Gasteiger charge is -2.04. The molecule has 0 radical (unpaired) electrons. The summed E-state index contributed by atoms with van der Waals surface area (Å²) in [7, 11) is 0. The van der Waals surface area contributed by atoms with Gasteiger partial charge in [-0.05, 0) is 25.1 Å². The number of nitriles is 1. The van der Waals surface area contributed by atoms with Crippen LogP contribution < -0.4 is 5.32 Å². The first kappa shape index (κ1) is 11.6. The van der Waals surface area contributed by atoms with E-state index in [1.165, 1.54) is 0 Å². The lowest BCUT2D eigenvalue weighted by Crippen LogP contribution is -2.00. The molecule has 1 aromatic carbocycles. The first-order valence-corrected chi connectivity index (χ1v) is 5.70. The van der Waals surface area contributed by atoms with E-state index < -0.39 is 0 Å². The summed E-state index contributed by atoms with van der Waals surface area (Å²) in [5.74, 6) is 1.12. The summed E-state index contributed by atoms with van der Waals surface area (Å²) in [5.41, 5.74) is 1.41. The predicted octanol–water partition coefficient (Wildman–Crippen LogP) is 2.62. The highest BCUT2D eigenvalue weighted by Crippen LogP contribution is 2.19. The molecule has 0 aliphatic heterocycles. The first-order valence-electron chi connectivity index (χ1n) is 4.91. The lowest BCUT2D eigenvalue weighted by molar-refractivity contribution is 0.379. The van der Waals surface area contributed by atoms with Crippen LogP contribution in [0, 0.1) is 18.3 Å². The molecule has 86 valence electrons. The van der Waals surface area contributed by atoms with Crippen molar-refractivity contribution < 1.29 is 4.52 Å². The van der Waals surface area contributed by atoms with E-state index in [0.717, 1.165) is 10.2 Å². The van der Waals surface area contributed by atoms with E-state index in [9.17, 15) is 0 Å². The molecule has 0 saturated heterocycles. The molecule has 2 rings (SSSR count). The highest BCUT2D eigenvalue weighted by molar-refractivity contribution is 9.10. The van der Waals surface area contributed by atoms with E-state index in [4.69, 9.17) is 9.78 Å². The zero-order chi connectivity index (χ0) is 12.3. The molecule has 0 unspecified atom stereocenters. The Morgan fingerprint density at radius 3 is 2.94 bits per heavy atom. The number of hydrogen-bond donors (Lipinski definition) is 1. The SMILES string of the molecule is Cc1noc(CNc2cc(Br)cc(C#N)c2)n1. The highest BCUT2D eigenvalue weighted by Gasteiger charge is 2.03. The van der Waals surface area contributed by atoms with E-state index in [2.05, 4.69) is 37.5 Å². The van der Waals surface area contributed by atoms with Crippen molar-refractivity contribution in [2.24, 2.45) is 0 Å². The third-order valence-electron chi connectivity index (χ3n) is 2.04. The van der Waals surface area contributed by atoms with Crippen LogP contribution in [-0.2, 0) is 6.54 Å². The summed E-state index contributed by atoms with van der Waals surface area (Å²) < 4.78 is 5.82. The van der Waals surface area contributed by atoms with Gasteiger partial charge in [0.25, 0.3) is 0 Å². The molecule has 1 heterocycles. The number of halogens is 1. The molecule has 0 spiro atoms. The molecule has 1 aromatic heterocycles. The van der Waals surface area contributed by atoms with Gasteiger partial charge < -0.3 is 9.84 Å². The average molecular weight is 293 g/mol. The maximum absolute atomic E-state index is 8.84. The van der Waals surface area contributed by atoms with Gasteiger partial charge in [-0.15, -0.1) is 0 Å². The summed E-state index contributed by atoms with van der Waals surface area (Å²) in [5, 5.41) is 15.6. The van der Waals surface area contributed by atoms with Gasteiger partial charge in [0.1, 0.15) is 0 Å². The van der Waals surface area contributed by atoms with Crippen LogP contribution in [0.1, 0.15) is 17.3 Å². The second-order valence-corrected chi connectivity index (χ2v) is 4.34. The van der Waals surface area contributed by atoms with Crippen LogP contribution in [0.15, 0.2) is 27.2 Å². The molecule has 5 nitrogen and oxygen atoms in total. The van der Waals surface area contributed by atoms with Crippen molar-refractivity contribution in [2.75, 3.05) is 5.32 Å². The Kier molecular flexibility index (Phi) is 3.40. The van der Waals surface area contributed by atoms with Crippen LogP contribution >= 0.6 is 15.9 Å². The van der Waals surface area contributed by atoms with Gasteiger partial charge in [0.15, 0.2) is 5.82 Å². The van der Waals surface area contributed by atoms with Crippen LogP contribution in [0.3, 0.4) is 0 Å². The van der Waals surface area contributed by atoms with Crippen molar-refractivity contribution in [3.8, 4) is 6.07 Å². The average Bonchev–Trinajstić information content (AvgIpc) is 2.72. The number of anilines is 1. The maximum Gasteiger partial charge on any atom is 0.245 e. The summed E-state index contributed by atoms with van der Waals surface area (Å²) in [6.07, 6.45) is 0. The summed E-state index contributed by atoms with van der Waals surface area (Å²) in [4.78, 5) is 4.07. The fourth-order valence-electron chi connectivity index (χ4n) is 1.35. The van der Waals surface area contributed by atoms with Gasteiger partial charge in [0.2, 0.25) is 5.89 Å². The zero-order valence-electron chi connectivity index (χ0n) is 9.07. The molecule has 17 heavy (non-hydrogen) atoms. The van der Waals surface area contributed by atoms with Gasteiger partial charge in [-0.2, -0.15) is 10.2 Å². The molecule has 0 amide bonds. The second-order valence-electron chi connectivity index (χ2n) is 3.43. The quantitative estimate of drug-likeness (QED) is 0.941. The Morgan fingerprint density at radius 2 is 2.29 bits per heavy atom. The van der Waals surface area contributed by atoms with Gasteiger partial charge in [-0.3, -0.25) is 0 Å². The molecule has 1 N–H and O–H groups in total. The first-order chi connectivity index (χ1) is 8.17. The minimum Gasteiger partial charge on any atom is -0.376 e. The lowest BCUT2D eigenvalue weighted by atomic mass is 10.2. The van der Waals surface area contributed by atoms with Crippen molar-refractivity contribution in [1.29, 1.82) is 5.26 Å². The van der Waals surface area contributed by atoms with Crippen LogP contribution in [0.5, 0.6) is 0 Å². The zero-order valence-corrected chi connectivity index (χ0v) is 10.7. The van der Waals surface area contributed by atoms with Crippen molar-refractivity contribution >= 4 is 21.6 Å². The van der Waals surface area contributed by atoms with Crippen LogP contribution in [0.2, 0.25) is 0 Å². The van der Waals surface area contributed by atoms with Crippen molar-refractivity contribution in [3.05, 3.63) is 40.0 Å². The van der Waals surface area contributed by atoms with Gasteiger partial charge in [0.05, 0.1) is 18.2 Å². The minimum atomic E-state index is 0.433. The minimum absolute atomic E-state index is 0.433. The molecule has 0 fully saturated rings. The molecular weight excluding hydrogens is 284 g/mol. The second kappa shape index (κ2) is 4.97. The van der Waals surface area contributed by atoms with E-state index in [1.54, 1.807) is 19.1 Å². The standard InChI is InChI=1S/C11H9BrN4O/c1-7-15-11(17-16-7)6-14-10-3-8(5-13)2-9(12)4-10/h2-4,14H,6H2,1H3. The fourth-order valence-corrected chi connectivity index (χ4v) is 1.84. The number of nitrogens with one attached hydrogen (secondary N) is 1.